The average Bonchev–Trinajstić information content (AvgIpc) is 3.07. The molecule has 1 aliphatic heterocycles. The van der Waals surface area contributed by atoms with Crippen LogP contribution in [0.5, 0.6) is 23.0 Å². The molecule has 0 amide bonds. The third-order valence-electron chi connectivity index (χ3n) is 3.68. The van der Waals surface area contributed by atoms with Crippen molar-refractivity contribution in [2.45, 2.75) is 0 Å². The number of phenols is 1. The number of ether oxygens (including phenoxy) is 3. The molecule has 0 spiro atoms. The number of allylic oxidation sites excluding steroid dienone is 2. The van der Waals surface area contributed by atoms with E-state index < -0.39 is 0 Å². The fourth-order valence-corrected chi connectivity index (χ4v) is 2.33. The van der Waals surface area contributed by atoms with Crippen molar-refractivity contribution in [2.24, 2.45) is 0 Å². The maximum absolute atomic E-state index is 9.58. The quantitative estimate of drug-likeness (QED) is 0.848. The van der Waals surface area contributed by atoms with Crippen LogP contribution in [-0.2, 0) is 0 Å². The van der Waals surface area contributed by atoms with Gasteiger partial charge in [0.2, 0.25) is 6.79 Å². The zero-order valence-corrected chi connectivity index (χ0v) is 13.6. The molecule has 0 saturated heterocycles. The summed E-state index contributed by atoms with van der Waals surface area (Å²) in [6, 6.07) is 11.0. The van der Waals surface area contributed by atoms with Gasteiger partial charge in [0.1, 0.15) is 0 Å². The van der Waals surface area contributed by atoms with Crippen LogP contribution < -0.4 is 19.1 Å². The van der Waals surface area contributed by atoms with E-state index in [1.807, 2.05) is 60.6 Å². The van der Waals surface area contributed by atoms with Crippen LogP contribution >= 0.6 is 0 Å². The zero-order valence-electron chi connectivity index (χ0n) is 13.6. The van der Waals surface area contributed by atoms with Gasteiger partial charge in [-0.3, -0.25) is 0 Å². The van der Waals surface area contributed by atoms with E-state index in [2.05, 4.69) is 0 Å². The summed E-state index contributed by atoms with van der Waals surface area (Å²) in [7, 11) is 3.49. The Morgan fingerprint density at radius 2 is 1.92 bits per heavy atom. The van der Waals surface area contributed by atoms with Crippen LogP contribution in [0.4, 0.5) is 5.69 Å². The lowest BCUT2D eigenvalue weighted by molar-refractivity contribution is 0.174. The molecule has 0 radical (unpaired) electrons. The molecule has 0 aromatic heterocycles. The minimum atomic E-state index is 0.132. The summed E-state index contributed by atoms with van der Waals surface area (Å²) < 4.78 is 15.8. The molecule has 5 heteroatoms. The molecule has 124 valence electrons. The number of anilines is 1. The second-order valence-corrected chi connectivity index (χ2v) is 5.28. The fraction of sp³-hybridized carbons (Fsp3) is 0.158. The third-order valence-corrected chi connectivity index (χ3v) is 3.68. The van der Waals surface area contributed by atoms with E-state index in [-0.39, 0.29) is 12.5 Å². The summed E-state index contributed by atoms with van der Waals surface area (Å²) in [6.45, 7) is 0.275. The van der Waals surface area contributed by atoms with Crippen molar-refractivity contribution in [3.63, 3.8) is 0 Å². The second-order valence-electron chi connectivity index (χ2n) is 5.28. The predicted octanol–water partition coefficient (Wildman–Crippen LogP) is 3.79. The van der Waals surface area contributed by atoms with E-state index in [0.29, 0.717) is 5.75 Å². The highest BCUT2D eigenvalue weighted by atomic mass is 16.7. The van der Waals surface area contributed by atoms with Crippen LogP contribution in [0.1, 0.15) is 5.56 Å². The van der Waals surface area contributed by atoms with E-state index in [9.17, 15) is 5.11 Å². The molecule has 0 fully saturated rings. The van der Waals surface area contributed by atoms with Crippen LogP contribution in [0.2, 0.25) is 0 Å². The van der Waals surface area contributed by atoms with Gasteiger partial charge in [0, 0.05) is 25.0 Å². The van der Waals surface area contributed by atoms with Gasteiger partial charge in [-0.1, -0.05) is 18.2 Å². The molecule has 1 heterocycles. The van der Waals surface area contributed by atoms with Crippen LogP contribution in [-0.4, -0.2) is 26.1 Å². The van der Waals surface area contributed by atoms with Crippen LogP contribution in [0.15, 0.2) is 54.8 Å². The Balaban J connectivity index is 1.65. The highest BCUT2D eigenvalue weighted by Crippen LogP contribution is 2.35. The molecular formula is C19H19NO4. The molecule has 1 aliphatic rings. The van der Waals surface area contributed by atoms with E-state index in [4.69, 9.17) is 14.2 Å². The molecule has 0 aliphatic carbocycles. The summed E-state index contributed by atoms with van der Waals surface area (Å²) in [5.41, 5.74) is 1.95. The molecule has 24 heavy (non-hydrogen) atoms. The molecule has 2 aromatic rings. The minimum absolute atomic E-state index is 0.132. The monoisotopic (exact) mass is 325 g/mol. The zero-order chi connectivity index (χ0) is 16.9. The van der Waals surface area contributed by atoms with Crippen molar-refractivity contribution in [3.8, 4) is 23.0 Å². The van der Waals surface area contributed by atoms with E-state index in [0.717, 1.165) is 22.7 Å². The Bertz CT molecular complexity index is 783. The first-order valence-electron chi connectivity index (χ1n) is 7.52. The maximum atomic E-state index is 9.58. The summed E-state index contributed by atoms with van der Waals surface area (Å²) in [5.74, 6) is 2.13. The van der Waals surface area contributed by atoms with Gasteiger partial charge in [-0.25, -0.2) is 0 Å². The van der Waals surface area contributed by atoms with Crippen LogP contribution in [0, 0.1) is 0 Å². The summed E-state index contributed by atoms with van der Waals surface area (Å²) >= 11 is 0. The first-order chi connectivity index (χ1) is 11.7. The Hall–Kier alpha value is -3.08. The van der Waals surface area contributed by atoms with E-state index in [1.165, 1.54) is 7.11 Å². The molecule has 0 atom stereocenters. The molecule has 1 N–H and O–H groups in total. The number of phenolic OH excluding ortho intramolecular Hbond substituents is 1. The Kier molecular flexibility index (Phi) is 4.61. The largest absolute Gasteiger partial charge is 0.504 e. The molecule has 2 aromatic carbocycles. The van der Waals surface area contributed by atoms with E-state index >= 15 is 0 Å². The van der Waals surface area contributed by atoms with E-state index in [1.54, 1.807) is 12.1 Å². The first-order valence-corrected chi connectivity index (χ1v) is 7.52. The lowest BCUT2D eigenvalue weighted by Gasteiger charge is -2.14. The van der Waals surface area contributed by atoms with Gasteiger partial charge in [-0.05, 0) is 35.9 Å². The number of nitrogens with zero attached hydrogens (tertiary/aromatic N) is 1. The highest BCUT2D eigenvalue weighted by molar-refractivity contribution is 5.59. The summed E-state index contributed by atoms with van der Waals surface area (Å²) in [4.78, 5) is 1.99. The SMILES string of the molecule is COc1cc(/C=C/C=C/N(C)c2ccc3c(c2)OCO3)ccc1O. The van der Waals surface area contributed by atoms with Gasteiger partial charge in [0.25, 0.3) is 0 Å². The fourth-order valence-electron chi connectivity index (χ4n) is 2.33. The summed E-state index contributed by atoms with van der Waals surface area (Å²) in [6.07, 6.45) is 7.75. The van der Waals surface area contributed by atoms with Crippen molar-refractivity contribution in [1.29, 1.82) is 0 Å². The van der Waals surface area contributed by atoms with Crippen molar-refractivity contribution in [3.05, 3.63) is 60.3 Å². The third kappa shape index (κ3) is 3.46. The number of methoxy groups -OCH3 is 1. The molecule has 0 saturated carbocycles. The van der Waals surface area contributed by atoms with Crippen molar-refractivity contribution in [1.82, 2.24) is 0 Å². The highest BCUT2D eigenvalue weighted by Gasteiger charge is 2.13. The van der Waals surface area contributed by atoms with Gasteiger partial charge < -0.3 is 24.2 Å². The second kappa shape index (κ2) is 7.00. The first kappa shape index (κ1) is 15.8. The lowest BCUT2D eigenvalue weighted by Crippen LogP contribution is -2.07. The number of rotatable bonds is 5. The van der Waals surface area contributed by atoms with Gasteiger partial charge in [0.15, 0.2) is 23.0 Å². The average molecular weight is 325 g/mol. The van der Waals surface area contributed by atoms with Gasteiger partial charge >= 0.3 is 0 Å². The van der Waals surface area contributed by atoms with Crippen molar-refractivity contribution < 1.29 is 19.3 Å². The topological polar surface area (TPSA) is 51.2 Å². The molecule has 0 bridgehead atoms. The minimum Gasteiger partial charge on any atom is -0.504 e. The van der Waals surface area contributed by atoms with Crippen LogP contribution in [0.3, 0.4) is 0 Å². The number of fused-ring (bicyclic) bond motifs is 1. The van der Waals surface area contributed by atoms with Gasteiger partial charge in [0.05, 0.1) is 7.11 Å². The lowest BCUT2D eigenvalue weighted by atomic mass is 10.2. The predicted molar refractivity (Wildman–Crippen MR) is 93.8 cm³/mol. The summed E-state index contributed by atoms with van der Waals surface area (Å²) in [5, 5.41) is 9.58. The van der Waals surface area contributed by atoms with Gasteiger partial charge in [-0.2, -0.15) is 0 Å². The number of hydrogen-bond acceptors (Lipinski definition) is 5. The van der Waals surface area contributed by atoms with Crippen LogP contribution in [0.25, 0.3) is 6.08 Å². The standard InChI is InChI=1S/C19H19NO4/c1-20(15-7-9-17-19(12-15)24-13-23-17)10-4-3-5-14-6-8-16(21)18(11-14)22-2/h3-12,21H,13H2,1-2H3/b5-3+,10-4+. The smallest absolute Gasteiger partial charge is 0.231 e. The molecule has 5 nitrogen and oxygen atoms in total. The van der Waals surface area contributed by atoms with Gasteiger partial charge in [-0.15, -0.1) is 0 Å². The normalized spacial score (nSPS) is 12.9. The number of hydrogen-bond donors (Lipinski definition) is 1. The molecule has 3 rings (SSSR count). The maximum Gasteiger partial charge on any atom is 0.231 e. The Morgan fingerprint density at radius 1 is 1.08 bits per heavy atom. The number of aromatic hydroxyl groups is 1. The van der Waals surface area contributed by atoms with Crippen molar-refractivity contribution in [2.75, 3.05) is 25.9 Å². The molecular weight excluding hydrogens is 306 g/mol. The Labute approximate surface area is 141 Å². The Morgan fingerprint density at radius 3 is 2.75 bits per heavy atom. The number of benzene rings is 2. The van der Waals surface area contributed by atoms with Crippen molar-refractivity contribution >= 4 is 11.8 Å². The molecule has 0 unspecified atom stereocenters.